The Balaban J connectivity index is 1.11. The number of hydrogen-bond donors (Lipinski definition) is 2. The third kappa shape index (κ3) is 6.18. The fourth-order valence-electron chi connectivity index (χ4n) is 4.51. The summed E-state index contributed by atoms with van der Waals surface area (Å²) in [5, 5.41) is 10.3. The van der Waals surface area contributed by atoms with Gasteiger partial charge in [0.25, 0.3) is 5.91 Å². The normalized spacial score (nSPS) is 18.0. The second-order valence-corrected chi connectivity index (χ2v) is 9.49. The summed E-state index contributed by atoms with van der Waals surface area (Å²) in [6, 6.07) is 13.8. The Morgan fingerprint density at radius 2 is 1.87 bits per heavy atom. The number of carbonyl (C=O) groups is 3. The first-order valence-electron chi connectivity index (χ1n) is 12.3. The molecular weight excluding hydrogens is 512 g/mol. The number of hydrogen-bond acceptors (Lipinski definition) is 8. The van der Waals surface area contributed by atoms with Gasteiger partial charge in [-0.2, -0.15) is 4.98 Å². The lowest BCUT2D eigenvalue weighted by molar-refractivity contribution is -0.126. The number of morpholine rings is 1. The molecule has 0 bridgehead atoms. The molecule has 0 radical (unpaired) electrons. The van der Waals surface area contributed by atoms with Crippen LogP contribution >= 0.6 is 11.6 Å². The van der Waals surface area contributed by atoms with E-state index in [0.29, 0.717) is 42.7 Å². The van der Waals surface area contributed by atoms with Gasteiger partial charge in [0.05, 0.1) is 25.7 Å². The smallest absolute Gasteiger partial charge is 0.253 e. The molecule has 0 aliphatic carbocycles. The van der Waals surface area contributed by atoms with Gasteiger partial charge in [-0.25, -0.2) is 0 Å². The molecule has 3 amide bonds. The molecule has 1 atom stereocenters. The minimum absolute atomic E-state index is 0.0724. The van der Waals surface area contributed by atoms with Crippen LogP contribution in [0.4, 0.5) is 11.4 Å². The van der Waals surface area contributed by atoms with E-state index in [1.807, 2.05) is 4.90 Å². The van der Waals surface area contributed by atoms with Crippen molar-refractivity contribution in [1.82, 2.24) is 20.4 Å². The molecule has 2 aliphatic rings. The highest BCUT2D eigenvalue weighted by atomic mass is 35.5. The van der Waals surface area contributed by atoms with Crippen molar-refractivity contribution in [3.63, 3.8) is 0 Å². The number of likely N-dealkylation sites (tertiary alicyclic amines) is 1. The third-order valence-electron chi connectivity index (χ3n) is 6.45. The first-order chi connectivity index (χ1) is 18.5. The summed E-state index contributed by atoms with van der Waals surface area (Å²) >= 11 is 5.91. The molecule has 38 heavy (non-hydrogen) atoms. The predicted octanol–water partition coefficient (Wildman–Crippen LogP) is 2.47. The van der Waals surface area contributed by atoms with Crippen LogP contribution < -0.4 is 15.5 Å². The number of nitrogens with one attached hydrogen (secondary N) is 2. The molecule has 11 nitrogen and oxygen atoms in total. The van der Waals surface area contributed by atoms with Gasteiger partial charge in [-0.3, -0.25) is 19.3 Å². The predicted molar refractivity (Wildman–Crippen MR) is 139 cm³/mol. The zero-order chi connectivity index (χ0) is 26.5. The Kier molecular flexibility index (Phi) is 7.97. The third-order valence-corrected chi connectivity index (χ3v) is 6.70. The van der Waals surface area contributed by atoms with Crippen LogP contribution in [-0.4, -0.2) is 71.7 Å². The Labute approximate surface area is 224 Å². The summed E-state index contributed by atoms with van der Waals surface area (Å²) in [7, 11) is 0. The quantitative estimate of drug-likeness (QED) is 0.447. The molecule has 3 aromatic rings. The molecular formula is C26H27ClN6O5. The number of benzene rings is 2. The van der Waals surface area contributed by atoms with Gasteiger partial charge in [-0.05, 0) is 67.9 Å². The number of rotatable bonds is 8. The van der Waals surface area contributed by atoms with Crippen molar-refractivity contribution in [3.8, 4) is 11.4 Å². The van der Waals surface area contributed by atoms with Crippen LogP contribution in [0.2, 0.25) is 5.02 Å². The van der Waals surface area contributed by atoms with Crippen molar-refractivity contribution in [2.75, 3.05) is 43.1 Å². The molecule has 2 aromatic carbocycles. The SMILES string of the molecule is O=C(CN1CCC[C@@H]1C(=O)Nc1ccc(N2CCOCC2=O)cc1)NCc1nc(-c2ccc(Cl)cc2)no1. The maximum absolute atomic E-state index is 13.0. The first-order valence-corrected chi connectivity index (χ1v) is 12.7. The second-order valence-electron chi connectivity index (χ2n) is 9.06. The topological polar surface area (TPSA) is 130 Å². The first kappa shape index (κ1) is 25.8. The number of amides is 3. The van der Waals surface area contributed by atoms with Crippen LogP contribution in [0.15, 0.2) is 53.1 Å². The Hall–Kier alpha value is -3.80. The lowest BCUT2D eigenvalue weighted by Crippen LogP contribution is -2.44. The number of ether oxygens (including phenoxy) is 1. The van der Waals surface area contributed by atoms with E-state index in [1.54, 1.807) is 53.4 Å². The molecule has 198 valence electrons. The average molecular weight is 539 g/mol. The molecule has 0 saturated carbocycles. The van der Waals surface area contributed by atoms with E-state index in [0.717, 1.165) is 17.7 Å². The van der Waals surface area contributed by atoms with E-state index in [-0.39, 0.29) is 43.3 Å². The summed E-state index contributed by atoms with van der Waals surface area (Å²) in [6.45, 7) is 1.87. The highest BCUT2D eigenvalue weighted by Gasteiger charge is 2.32. The molecule has 5 rings (SSSR count). The van der Waals surface area contributed by atoms with E-state index in [9.17, 15) is 14.4 Å². The van der Waals surface area contributed by atoms with Crippen molar-refractivity contribution >= 4 is 40.7 Å². The Bertz CT molecular complexity index is 1300. The number of aromatic nitrogens is 2. The van der Waals surface area contributed by atoms with Crippen LogP contribution in [-0.2, 0) is 25.7 Å². The summed E-state index contributed by atoms with van der Waals surface area (Å²) in [5.41, 5.74) is 2.14. The average Bonchev–Trinajstić information content (AvgIpc) is 3.59. The molecule has 12 heteroatoms. The van der Waals surface area contributed by atoms with Crippen LogP contribution in [0.1, 0.15) is 18.7 Å². The summed E-state index contributed by atoms with van der Waals surface area (Å²) in [4.78, 5) is 45.4. The Morgan fingerprint density at radius 1 is 1.08 bits per heavy atom. The lowest BCUT2D eigenvalue weighted by atomic mass is 10.2. The van der Waals surface area contributed by atoms with Gasteiger partial charge in [0, 0.05) is 28.5 Å². The number of halogens is 1. The van der Waals surface area contributed by atoms with Crippen LogP contribution in [0, 0.1) is 0 Å². The van der Waals surface area contributed by atoms with Gasteiger partial charge in [-0.15, -0.1) is 0 Å². The van der Waals surface area contributed by atoms with E-state index >= 15 is 0 Å². The van der Waals surface area contributed by atoms with Crippen LogP contribution in [0.3, 0.4) is 0 Å². The zero-order valence-corrected chi connectivity index (χ0v) is 21.3. The highest BCUT2D eigenvalue weighted by Crippen LogP contribution is 2.23. The largest absolute Gasteiger partial charge is 0.370 e. The highest BCUT2D eigenvalue weighted by molar-refractivity contribution is 6.30. The molecule has 1 aromatic heterocycles. The fourth-order valence-corrected chi connectivity index (χ4v) is 4.64. The van der Waals surface area contributed by atoms with Crippen LogP contribution in [0.25, 0.3) is 11.4 Å². The van der Waals surface area contributed by atoms with Crippen molar-refractivity contribution in [2.24, 2.45) is 0 Å². The molecule has 3 heterocycles. The van der Waals surface area contributed by atoms with Gasteiger partial charge >= 0.3 is 0 Å². The van der Waals surface area contributed by atoms with E-state index in [2.05, 4.69) is 20.8 Å². The summed E-state index contributed by atoms with van der Waals surface area (Å²) < 4.78 is 10.4. The maximum Gasteiger partial charge on any atom is 0.253 e. The molecule has 2 N–H and O–H groups in total. The minimum atomic E-state index is -0.416. The maximum atomic E-state index is 13.0. The van der Waals surface area contributed by atoms with Crippen molar-refractivity contribution in [3.05, 3.63) is 59.4 Å². The standard InChI is InChI=1S/C26H27ClN6O5/c27-18-5-3-17(4-6-18)25-30-23(38-31-25)14-28-22(34)15-32-11-1-2-21(32)26(36)29-19-7-9-20(10-8-19)33-12-13-37-16-24(33)35/h3-10,21H,1-2,11-16H2,(H,28,34)(H,29,36)/t21-/m1/s1. The molecule has 0 spiro atoms. The minimum Gasteiger partial charge on any atom is -0.370 e. The van der Waals surface area contributed by atoms with Gasteiger partial charge in [-0.1, -0.05) is 16.8 Å². The molecule has 2 aliphatic heterocycles. The molecule has 2 saturated heterocycles. The van der Waals surface area contributed by atoms with Crippen LogP contribution in [0.5, 0.6) is 0 Å². The molecule has 2 fully saturated rings. The van der Waals surface area contributed by atoms with Crippen molar-refractivity contribution in [1.29, 1.82) is 0 Å². The summed E-state index contributed by atoms with van der Waals surface area (Å²) in [5.74, 6) is 0.187. The molecule has 0 unspecified atom stereocenters. The zero-order valence-electron chi connectivity index (χ0n) is 20.6. The van der Waals surface area contributed by atoms with Crippen molar-refractivity contribution < 1.29 is 23.6 Å². The number of carbonyl (C=O) groups excluding carboxylic acids is 3. The summed E-state index contributed by atoms with van der Waals surface area (Å²) in [6.07, 6.45) is 1.48. The van der Waals surface area contributed by atoms with E-state index in [1.165, 1.54) is 0 Å². The Morgan fingerprint density at radius 3 is 2.63 bits per heavy atom. The van der Waals surface area contributed by atoms with Gasteiger partial charge in [0.1, 0.15) is 6.61 Å². The second kappa shape index (κ2) is 11.7. The fraction of sp³-hybridized carbons (Fsp3) is 0.346. The van der Waals surface area contributed by atoms with E-state index in [4.69, 9.17) is 20.9 Å². The van der Waals surface area contributed by atoms with Gasteiger partial charge in [0.15, 0.2) is 0 Å². The van der Waals surface area contributed by atoms with Gasteiger partial charge in [0.2, 0.25) is 23.5 Å². The monoisotopic (exact) mass is 538 g/mol. The number of anilines is 2. The van der Waals surface area contributed by atoms with Gasteiger partial charge < -0.3 is 24.8 Å². The van der Waals surface area contributed by atoms with E-state index < -0.39 is 6.04 Å². The lowest BCUT2D eigenvalue weighted by Gasteiger charge is -2.27. The van der Waals surface area contributed by atoms with Crippen molar-refractivity contribution in [2.45, 2.75) is 25.4 Å². The number of nitrogens with zero attached hydrogens (tertiary/aromatic N) is 4.